The maximum absolute atomic E-state index is 14.5. The molecule has 1 N–H and O–H groups in total. The zero-order valence-corrected chi connectivity index (χ0v) is 18.6. The number of halogens is 2. The molecule has 1 atom stereocenters. The van der Waals surface area contributed by atoms with Crippen LogP contribution in [0.5, 0.6) is 0 Å². The predicted molar refractivity (Wildman–Crippen MR) is 122 cm³/mol. The third-order valence-corrected chi connectivity index (χ3v) is 7.07. The Labute approximate surface area is 190 Å². The fourth-order valence-corrected chi connectivity index (χ4v) is 5.19. The molecule has 5 rings (SSSR count). The van der Waals surface area contributed by atoms with Gasteiger partial charge in [-0.15, -0.1) is 0 Å². The summed E-state index contributed by atoms with van der Waals surface area (Å²) in [6.45, 7) is 2.11. The number of carbonyl (C=O) groups excluding carboxylic acids is 1. The lowest BCUT2D eigenvalue weighted by molar-refractivity contribution is 0.0600. The summed E-state index contributed by atoms with van der Waals surface area (Å²) in [5.74, 6) is 0.236. The number of imidazole rings is 1. The molecule has 170 valence electrons. The maximum Gasteiger partial charge on any atom is 0.338 e. The summed E-state index contributed by atoms with van der Waals surface area (Å²) >= 11 is 0. The average Bonchev–Trinajstić information content (AvgIpc) is 3.28. The number of carbonyl (C=O) groups is 1. The van der Waals surface area contributed by atoms with E-state index in [0.29, 0.717) is 17.4 Å². The van der Waals surface area contributed by atoms with Gasteiger partial charge in [0.15, 0.2) is 5.82 Å². The number of nitrogens with zero attached hydrogens (tertiary/aromatic N) is 2. The first-order valence-corrected chi connectivity index (χ1v) is 11.3. The summed E-state index contributed by atoms with van der Waals surface area (Å²) in [5, 5.41) is 0.892. The lowest BCUT2D eigenvalue weighted by Crippen LogP contribution is -2.19. The van der Waals surface area contributed by atoms with Crippen molar-refractivity contribution in [3.63, 3.8) is 0 Å². The number of H-pyrrole nitrogens is 1. The highest BCUT2D eigenvalue weighted by atomic mass is 19.1. The van der Waals surface area contributed by atoms with Gasteiger partial charge in [-0.3, -0.25) is 4.98 Å². The van der Waals surface area contributed by atoms with Gasteiger partial charge in [0.2, 0.25) is 0 Å². The molecule has 0 spiro atoms. The van der Waals surface area contributed by atoms with Crippen molar-refractivity contribution in [3.8, 4) is 0 Å². The van der Waals surface area contributed by atoms with Crippen LogP contribution in [0.4, 0.5) is 8.78 Å². The SMILES string of the molecule is COC(=O)c1cc(F)c2nc(C(C)C3CCC(c4ccnc5ccc(F)cc45)CC3)[nH]c2c1. The number of rotatable bonds is 4. The number of methoxy groups -OCH3 is 1. The largest absolute Gasteiger partial charge is 0.465 e. The van der Waals surface area contributed by atoms with Crippen molar-refractivity contribution >= 4 is 27.9 Å². The minimum atomic E-state index is -0.582. The first-order valence-electron chi connectivity index (χ1n) is 11.3. The van der Waals surface area contributed by atoms with Crippen molar-refractivity contribution in [2.45, 2.75) is 44.4 Å². The van der Waals surface area contributed by atoms with Gasteiger partial charge in [0.05, 0.1) is 23.7 Å². The number of hydrogen-bond donors (Lipinski definition) is 1. The van der Waals surface area contributed by atoms with Gasteiger partial charge in [0, 0.05) is 17.5 Å². The van der Waals surface area contributed by atoms with Gasteiger partial charge in [-0.2, -0.15) is 0 Å². The highest BCUT2D eigenvalue weighted by molar-refractivity contribution is 5.93. The molecular formula is C26H25F2N3O2. The topological polar surface area (TPSA) is 67.9 Å². The van der Waals surface area contributed by atoms with E-state index in [1.807, 2.05) is 6.07 Å². The van der Waals surface area contributed by atoms with E-state index in [9.17, 15) is 13.6 Å². The molecule has 0 aliphatic heterocycles. The Morgan fingerprint density at radius 1 is 1.12 bits per heavy atom. The fourth-order valence-electron chi connectivity index (χ4n) is 5.19. The van der Waals surface area contributed by atoms with Gasteiger partial charge in [-0.25, -0.2) is 18.6 Å². The van der Waals surface area contributed by atoms with Gasteiger partial charge >= 0.3 is 5.97 Å². The van der Waals surface area contributed by atoms with Crippen molar-refractivity contribution < 1.29 is 18.3 Å². The second-order valence-corrected chi connectivity index (χ2v) is 8.93. The van der Waals surface area contributed by atoms with Gasteiger partial charge in [0.25, 0.3) is 0 Å². The molecule has 0 bridgehead atoms. The second kappa shape index (κ2) is 8.54. The summed E-state index contributed by atoms with van der Waals surface area (Å²) < 4.78 is 33.1. The lowest BCUT2D eigenvalue weighted by Gasteiger charge is -2.32. The van der Waals surface area contributed by atoms with Crippen molar-refractivity contribution in [3.05, 3.63) is 71.2 Å². The Morgan fingerprint density at radius 3 is 2.67 bits per heavy atom. The number of hydrogen-bond acceptors (Lipinski definition) is 4. The van der Waals surface area contributed by atoms with E-state index < -0.39 is 11.8 Å². The number of ether oxygens (including phenoxy) is 1. The fraction of sp³-hybridized carbons (Fsp3) is 0.346. The van der Waals surface area contributed by atoms with Crippen LogP contribution in [0.25, 0.3) is 21.9 Å². The highest BCUT2D eigenvalue weighted by Gasteiger charge is 2.29. The van der Waals surface area contributed by atoms with Crippen molar-refractivity contribution in [2.24, 2.45) is 5.92 Å². The van der Waals surface area contributed by atoms with Crippen molar-refractivity contribution in [1.29, 1.82) is 0 Å². The Kier molecular flexibility index (Phi) is 5.56. The van der Waals surface area contributed by atoms with E-state index >= 15 is 0 Å². The van der Waals surface area contributed by atoms with Gasteiger partial charge in [-0.05, 0) is 79.5 Å². The van der Waals surface area contributed by atoms with Crippen LogP contribution in [0.2, 0.25) is 0 Å². The molecule has 1 unspecified atom stereocenters. The van der Waals surface area contributed by atoms with Crippen LogP contribution in [0.1, 0.15) is 66.2 Å². The highest BCUT2D eigenvalue weighted by Crippen LogP contribution is 2.43. The van der Waals surface area contributed by atoms with Crippen molar-refractivity contribution in [2.75, 3.05) is 7.11 Å². The molecule has 1 fully saturated rings. The number of aromatic amines is 1. The standard InChI is InChI=1S/C26H25F2N3O2/c1-14(25-30-23-12-17(26(32)33-2)11-21(28)24(23)31-25)15-3-5-16(6-4-15)19-9-10-29-22-8-7-18(27)13-20(19)22/h7-16H,3-6H2,1-2H3,(H,30,31). The maximum atomic E-state index is 14.5. The molecule has 0 amide bonds. The number of aromatic nitrogens is 3. The molecule has 1 saturated carbocycles. The first-order chi connectivity index (χ1) is 15.9. The molecule has 33 heavy (non-hydrogen) atoms. The van der Waals surface area contributed by atoms with E-state index in [-0.39, 0.29) is 22.8 Å². The first kappa shape index (κ1) is 21.5. The summed E-state index contributed by atoms with van der Waals surface area (Å²) in [6, 6.07) is 9.51. The van der Waals surface area contributed by atoms with E-state index in [0.717, 1.165) is 54.0 Å². The molecule has 2 aromatic carbocycles. The average molecular weight is 450 g/mol. The molecule has 7 heteroatoms. The zero-order valence-electron chi connectivity index (χ0n) is 18.6. The lowest BCUT2D eigenvalue weighted by atomic mass is 9.73. The van der Waals surface area contributed by atoms with Crippen LogP contribution in [0.15, 0.2) is 42.6 Å². The quantitative estimate of drug-likeness (QED) is 0.374. The number of esters is 1. The molecule has 2 heterocycles. The van der Waals surface area contributed by atoms with Gasteiger partial charge in [-0.1, -0.05) is 6.92 Å². The Morgan fingerprint density at radius 2 is 1.91 bits per heavy atom. The summed E-state index contributed by atoms with van der Waals surface area (Å²) in [5.41, 5.74) is 2.87. The van der Waals surface area contributed by atoms with E-state index in [4.69, 9.17) is 4.74 Å². The molecule has 0 radical (unpaired) electrons. The van der Waals surface area contributed by atoms with Crippen LogP contribution < -0.4 is 0 Å². The molecule has 5 nitrogen and oxygen atoms in total. The van der Waals surface area contributed by atoms with Gasteiger partial charge < -0.3 is 9.72 Å². The summed E-state index contributed by atoms with van der Waals surface area (Å²) in [7, 11) is 1.27. The Balaban J connectivity index is 1.34. The van der Waals surface area contributed by atoms with Crippen LogP contribution in [0.3, 0.4) is 0 Å². The number of nitrogens with one attached hydrogen (secondary N) is 1. The minimum Gasteiger partial charge on any atom is -0.465 e. The molecule has 0 saturated heterocycles. The van der Waals surface area contributed by atoms with E-state index in [1.165, 1.54) is 13.2 Å². The monoisotopic (exact) mass is 449 g/mol. The molecule has 2 aromatic heterocycles. The molecule has 4 aromatic rings. The van der Waals surface area contributed by atoms with E-state index in [2.05, 4.69) is 21.9 Å². The number of fused-ring (bicyclic) bond motifs is 2. The number of benzene rings is 2. The normalized spacial score (nSPS) is 19.6. The van der Waals surface area contributed by atoms with Crippen molar-refractivity contribution in [1.82, 2.24) is 15.0 Å². The second-order valence-electron chi connectivity index (χ2n) is 8.93. The van der Waals surface area contributed by atoms with Gasteiger partial charge in [0.1, 0.15) is 17.2 Å². The smallest absolute Gasteiger partial charge is 0.338 e. The summed E-state index contributed by atoms with van der Waals surface area (Å²) in [4.78, 5) is 23.9. The van der Waals surface area contributed by atoms with Crippen LogP contribution in [-0.4, -0.2) is 28.0 Å². The number of pyridine rings is 1. The Bertz CT molecular complexity index is 1340. The molecular weight excluding hydrogens is 424 g/mol. The summed E-state index contributed by atoms with van der Waals surface area (Å²) in [6.07, 6.45) is 5.78. The molecule has 1 aliphatic carbocycles. The third-order valence-electron chi connectivity index (χ3n) is 7.07. The minimum absolute atomic E-state index is 0.117. The predicted octanol–water partition coefficient (Wildman–Crippen LogP) is 6.25. The third kappa shape index (κ3) is 3.96. The van der Waals surface area contributed by atoms with Crippen LogP contribution in [0, 0.1) is 17.6 Å². The zero-order chi connectivity index (χ0) is 23.1. The van der Waals surface area contributed by atoms with Crippen LogP contribution >= 0.6 is 0 Å². The molecule has 1 aliphatic rings. The van der Waals surface area contributed by atoms with E-state index in [1.54, 1.807) is 24.4 Å². The van der Waals surface area contributed by atoms with Crippen LogP contribution in [-0.2, 0) is 4.74 Å². The Hall–Kier alpha value is -3.35.